The Bertz CT molecular complexity index is 85.0. The van der Waals surface area contributed by atoms with E-state index in [4.69, 9.17) is 5.11 Å². The van der Waals surface area contributed by atoms with Crippen molar-refractivity contribution in [1.29, 1.82) is 0 Å². The molecule has 0 unspecified atom stereocenters. The predicted octanol–water partition coefficient (Wildman–Crippen LogP) is 3.83. The molecule has 1 aliphatic carbocycles. The van der Waals surface area contributed by atoms with E-state index in [1.54, 1.807) is 26.7 Å². The first-order valence-electron chi connectivity index (χ1n) is 4.43. The molecule has 85 valence electrons. The molecule has 0 spiro atoms. The minimum atomic E-state index is -0.500. The molecule has 0 bridgehead atoms. The van der Waals surface area contributed by atoms with Crippen molar-refractivity contribution in [1.82, 2.24) is 0 Å². The van der Waals surface area contributed by atoms with Gasteiger partial charge < -0.3 is 25.9 Å². The summed E-state index contributed by atoms with van der Waals surface area (Å²) in [7, 11) is 0. The molecule has 0 amide bonds. The molecule has 1 aliphatic rings. The maximum absolute atomic E-state index is 8.52. The van der Waals surface area contributed by atoms with Gasteiger partial charge in [0.1, 0.15) is 0 Å². The van der Waals surface area contributed by atoms with Crippen molar-refractivity contribution in [3.63, 3.8) is 0 Å². The second kappa shape index (κ2) is 11.7. The molecule has 1 saturated carbocycles. The molecular formula is C12H27OTi. The van der Waals surface area contributed by atoms with Gasteiger partial charge in [-0.05, 0) is 20.8 Å². The Morgan fingerprint density at radius 1 is 1.00 bits per heavy atom. The van der Waals surface area contributed by atoms with Gasteiger partial charge in [0.15, 0.2) is 0 Å². The van der Waals surface area contributed by atoms with Crippen LogP contribution >= 0.6 is 0 Å². The summed E-state index contributed by atoms with van der Waals surface area (Å²) in [5, 5.41) is 8.52. The van der Waals surface area contributed by atoms with Crippen molar-refractivity contribution in [3.05, 3.63) is 20.8 Å². The summed E-state index contributed by atoms with van der Waals surface area (Å²) in [6.45, 7) is 7.49. The summed E-state index contributed by atoms with van der Waals surface area (Å²) in [5.74, 6) is 1.70. The maximum atomic E-state index is 8.52. The van der Waals surface area contributed by atoms with Crippen LogP contribution in [0.3, 0.4) is 0 Å². The van der Waals surface area contributed by atoms with Gasteiger partial charge in [-0.1, -0.05) is 12.8 Å². The second-order valence-electron chi connectivity index (χ2n) is 4.34. The largest absolute Gasteiger partial charge is 3.00 e. The van der Waals surface area contributed by atoms with E-state index in [0.717, 1.165) is 0 Å². The topological polar surface area (TPSA) is 20.2 Å². The molecule has 1 nitrogen and oxygen atoms in total. The van der Waals surface area contributed by atoms with Crippen molar-refractivity contribution in [3.8, 4) is 0 Å². The average molecular weight is 235 g/mol. The minimum Gasteiger partial charge on any atom is -0.391 e. The zero-order valence-corrected chi connectivity index (χ0v) is 12.3. The first-order chi connectivity index (χ1) is 4.89. The van der Waals surface area contributed by atoms with Crippen molar-refractivity contribution in [2.75, 3.05) is 0 Å². The molecular weight excluding hydrogens is 208 g/mol. The molecule has 0 atom stereocenters. The zero-order chi connectivity index (χ0) is 8.91. The minimum absolute atomic E-state index is 0. The van der Waals surface area contributed by atoms with Crippen molar-refractivity contribution in [2.24, 2.45) is 0 Å². The first-order valence-corrected chi connectivity index (χ1v) is 4.43. The fourth-order valence-electron chi connectivity index (χ4n) is 0.979. The normalized spacial score (nSPS) is 15.2. The van der Waals surface area contributed by atoms with Crippen LogP contribution in [0.4, 0.5) is 0 Å². The summed E-state index contributed by atoms with van der Waals surface area (Å²) in [6, 6.07) is 0. The van der Waals surface area contributed by atoms with Gasteiger partial charge in [0.05, 0.1) is 5.60 Å². The molecule has 0 heterocycles. The summed E-state index contributed by atoms with van der Waals surface area (Å²) < 4.78 is 0. The fraction of sp³-hybridized carbons (Fsp3) is 0.750. The summed E-state index contributed by atoms with van der Waals surface area (Å²) >= 11 is 0. The van der Waals surface area contributed by atoms with E-state index in [9.17, 15) is 0 Å². The van der Waals surface area contributed by atoms with E-state index < -0.39 is 5.60 Å². The Labute approximate surface area is 107 Å². The van der Waals surface area contributed by atoms with E-state index in [2.05, 4.69) is 6.92 Å². The van der Waals surface area contributed by atoms with Gasteiger partial charge in [-0.3, -0.25) is 0 Å². The number of rotatable bonds is 0. The van der Waals surface area contributed by atoms with Crippen molar-refractivity contribution < 1.29 is 26.8 Å². The Kier molecular flexibility index (Phi) is 20.2. The van der Waals surface area contributed by atoms with Gasteiger partial charge in [-0.25, -0.2) is 0 Å². The Morgan fingerprint density at radius 3 is 1.29 bits per heavy atom. The molecule has 0 aromatic carbocycles. The Morgan fingerprint density at radius 2 is 1.21 bits per heavy atom. The molecule has 14 heavy (non-hydrogen) atoms. The van der Waals surface area contributed by atoms with Gasteiger partial charge in [0.25, 0.3) is 0 Å². The maximum Gasteiger partial charge on any atom is 3.00 e. The SMILES string of the molecule is CC(C)(C)O.C[C-]1CCCC1.[CH3-].[CH3-].[Ti+3]. The predicted molar refractivity (Wildman–Crippen MR) is 62.2 cm³/mol. The first kappa shape index (κ1) is 24.1. The standard InChI is InChI=1S/C6H11.C4H10O.2CH3.Ti/c1-6-4-2-3-5-6;1-4(2,3)5;;;/h2-5H2,1H3;5H,1-3H3;2*1H3;/q-1;;2*-1;+3. The van der Waals surface area contributed by atoms with Crippen LogP contribution < -0.4 is 0 Å². The number of hydrogen-bond acceptors (Lipinski definition) is 1. The van der Waals surface area contributed by atoms with E-state index in [-0.39, 0.29) is 36.6 Å². The Balaban J connectivity index is -0.0000000597. The average Bonchev–Trinajstić information content (AvgIpc) is 2.12. The van der Waals surface area contributed by atoms with Gasteiger partial charge in [-0.2, -0.15) is 19.8 Å². The second-order valence-corrected chi connectivity index (χ2v) is 4.34. The van der Waals surface area contributed by atoms with Crippen LogP contribution in [0.1, 0.15) is 53.4 Å². The van der Waals surface area contributed by atoms with Crippen molar-refractivity contribution in [2.45, 2.75) is 59.0 Å². The summed E-state index contributed by atoms with van der Waals surface area (Å²) in [5.41, 5.74) is -0.500. The third kappa shape index (κ3) is 29.3. The summed E-state index contributed by atoms with van der Waals surface area (Å²) in [6.07, 6.45) is 5.71. The monoisotopic (exact) mass is 235 g/mol. The third-order valence-electron chi connectivity index (χ3n) is 1.46. The van der Waals surface area contributed by atoms with Crippen LogP contribution in [0.5, 0.6) is 0 Å². The van der Waals surface area contributed by atoms with E-state index >= 15 is 0 Å². The smallest absolute Gasteiger partial charge is 0.391 e. The van der Waals surface area contributed by atoms with E-state index in [0.29, 0.717) is 0 Å². The van der Waals surface area contributed by atoms with Gasteiger partial charge in [-0.15, -0.1) is 0 Å². The molecule has 0 aliphatic heterocycles. The summed E-state index contributed by atoms with van der Waals surface area (Å²) in [4.78, 5) is 0. The van der Waals surface area contributed by atoms with E-state index in [1.807, 2.05) is 0 Å². The fourth-order valence-corrected chi connectivity index (χ4v) is 0.979. The van der Waals surface area contributed by atoms with Crippen LogP contribution in [0.25, 0.3) is 0 Å². The third-order valence-corrected chi connectivity index (χ3v) is 1.46. The van der Waals surface area contributed by atoms with Gasteiger partial charge >= 0.3 is 21.7 Å². The van der Waals surface area contributed by atoms with Gasteiger partial charge in [0, 0.05) is 0 Å². The molecule has 1 rings (SSSR count). The van der Waals surface area contributed by atoms with Crippen molar-refractivity contribution >= 4 is 0 Å². The quantitative estimate of drug-likeness (QED) is 0.499. The molecule has 1 N–H and O–H groups in total. The zero-order valence-electron chi connectivity index (χ0n) is 10.8. The molecule has 2 heteroatoms. The van der Waals surface area contributed by atoms with Gasteiger partial charge in [0.2, 0.25) is 0 Å². The Hall–Kier alpha value is 0.674. The number of aliphatic hydroxyl groups is 1. The van der Waals surface area contributed by atoms with Crippen LogP contribution in [-0.2, 0) is 21.7 Å². The van der Waals surface area contributed by atoms with E-state index in [1.165, 1.54) is 25.7 Å². The molecule has 1 fully saturated rings. The molecule has 0 aromatic rings. The molecule has 0 aromatic heterocycles. The molecule has 1 radical (unpaired) electrons. The van der Waals surface area contributed by atoms with Crippen LogP contribution in [-0.4, -0.2) is 10.7 Å². The van der Waals surface area contributed by atoms with Crippen LogP contribution in [0.2, 0.25) is 0 Å². The van der Waals surface area contributed by atoms with Crippen LogP contribution in [0, 0.1) is 20.8 Å². The van der Waals surface area contributed by atoms with Crippen LogP contribution in [0.15, 0.2) is 0 Å². The number of hydrogen-bond donors (Lipinski definition) is 1. The molecule has 0 saturated heterocycles.